The van der Waals surface area contributed by atoms with E-state index in [2.05, 4.69) is 0 Å². The molecular weight excluding hydrogens is 150 g/mol. The van der Waals surface area contributed by atoms with E-state index in [0.717, 1.165) is 9.26 Å². The van der Waals surface area contributed by atoms with Crippen LogP contribution in [0.4, 0.5) is 0 Å². The fourth-order valence-electron chi connectivity index (χ4n) is 0.567. The maximum atomic E-state index is 5.73. The molecule has 3 heteroatoms. The van der Waals surface area contributed by atoms with Gasteiger partial charge in [0, 0.05) is 0 Å². The summed E-state index contributed by atoms with van der Waals surface area (Å²) in [6.07, 6.45) is 0. The molecule has 0 nitrogen and oxygen atoms in total. The average Bonchev–Trinajstić information content (AvgIpc) is 1.80. The number of rotatable bonds is 0. The van der Waals surface area contributed by atoms with E-state index in [9.17, 15) is 0 Å². The second-order valence-corrected chi connectivity index (χ2v) is 2.74. The van der Waals surface area contributed by atoms with Crippen molar-refractivity contribution in [2.75, 3.05) is 0 Å². The molecule has 0 saturated heterocycles. The van der Waals surface area contributed by atoms with Crippen molar-refractivity contribution < 1.29 is 0 Å². The van der Waals surface area contributed by atoms with Crippen molar-refractivity contribution in [3.63, 3.8) is 0 Å². The summed E-state index contributed by atoms with van der Waals surface area (Å²) in [5, 5.41) is 1.41. The Morgan fingerprint density at radius 3 is 2.33 bits per heavy atom. The van der Waals surface area contributed by atoms with Gasteiger partial charge < -0.3 is 0 Å². The molecule has 0 aromatic heterocycles. The van der Waals surface area contributed by atoms with Gasteiger partial charge in [-0.15, -0.1) is 0 Å². The summed E-state index contributed by atoms with van der Waals surface area (Å²) in [6.45, 7) is 0. The summed E-state index contributed by atoms with van der Waals surface area (Å²) in [4.78, 5) is 0. The van der Waals surface area contributed by atoms with E-state index in [-0.39, 0.29) is 0 Å². The zero-order valence-electron chi connectivity index (χ0n) is 4.99. The summed E-state index contributed by atoms with van der Waals surface area (Å²) in [5.41, 5.74) is 0. The number of benzene rings is 1. The molecule has 0 aliphatic heterocycles. The van der Waals surface area contributed by atoms with Gasteiger partial charge in [-0.25, -0.2) is 0 Å². The van der Waals surface area contributed by atoms with Gasteiger partial charge in [-0.2, -0.15) is 0 Å². The van der Waals surface area contributed by atoms with Crippen LogP contribution in [0.25, 0.3) is 0 Å². The molecule has 0 aliphatic rings. The topological polar surface area (TPSA) is 0 Å². The molecule has 0 heterocycles. The Hall–Kier alpha value is 0.397. The summed E-state index contributed by atoms with van der Waals surface area (Å²) >= 11 is 13.3. The van der Waals surface area contributed by atoms with E-state index in [1.807, 2.05) is 29.8 Å². The molecule has 0 atom stereocenters. The molecule has 0 radical (unpaired) electrons. The molecule has 0 saturated carbocycles. The van der Waals surface area contributed by atoms with Crippen LogP contribution in [-0.4, -0.2) is 17.7 Å². The zero-order valence-corrected chi connectivity index (χ0v) is 6.50. The standard InChI is InChI=1S/C6H3Cl2.Li/c7-5-2-1-3-6(8)4-5;/h1-2,4H;. The Morgan fingerprint density at radius 2 is 1.89 bits per heavy atom. The van der Waals surface area contributed by atoms with E-state index in [0.29, 0.717) is 5.02 Å². The van der Waals surface area contributed by atoms with Crippen molar-refractivity contribution in [1.29, 1.82) is 0 Å². The minimum absolute atomic E-state index is 0.686. The summed E-state index contributed by atoms with van der Waals surface area (Å²) in [6, 6.07) is 5.45. The molecule has 1 aromatic rings. The van der Waals surface area contributed by atoms with Gasteiger partial charge in [0.1, 0.15) is 0 Å². The van der Waals surface area contributed by atoms with Crippen molar-refractivity contribution in [2.45, 2.75) is 0 Å². The Bertz CT molecular complexity index is 222. The van der Waals surface area contributed by atoms with Crippen LogP contribution in [0.15, 0.2) is 18.2 Å². The predicted molar refractivity (Wildman–Crippen MR) is 41.9 cm³/mol. The van der Waals surface area contributed by atoms with Gasteiger partial charge in [-0.05, 0) is 0 Å². The first-order valence-electron chi connectivity index (χ1n) is 2.62. The summed E-state index contributed by atoms with van der Waals surface area (Å²) in [5.74, 6) is 0. The average molecular weight is 153 g/mol. The van der Waals surface area contributed by atoms with Crippen molar-refractivity contribution in [1.82, 2.24) is 0 Å². The second kappa shape index (κ2) is 2.99. The number of halogens is 2. The van der Waals surface area contributed by atoms with Crippen LogP contribution >= 0.6 is 23.2 Å². The van der Waals surface area contributed by atoms with Crippen LogP contribution in [0.5, 0.6) is 0 Å². The molecule has 0 unspecified atom stereocenters. The van der Waals surface area contributed by atoms with Crippen LogP contribution in [0.3, 0.4) is 0 Å². The van der Waals surface area contributed by atoms with E-state index in [1.165, 1.54) is 0 Å². The van der Waals surface area contributed by atoms with Crippen LogP contribution < -0.4 is 4.24 Å². The summed E-state index contributed by atoms with van der Waals surface area (Å²) < 4.78 is 1.06. The van der Waals surface area contributed by atoms with Gasteiger partial charge in [0.15, 0.2) is 0 Å². The SMILES string of the molecule is [Li][c]1ccc(Cl)cc1Cl. The fraction of sp³-hybridized carbons (Fsp3) is 0. The third kappa shape index (κ3) is 1.91. The third-order valence-corrected chi connectivity index (χ3v) is 1.78. The molecule has 0 N–H and O–H groups in total. The van der Waals surface area contributed by atoms with Crippen LogP contribution in [-0.2, 0) is 0 Å². The Balaban J connectivity index is 3.17. The fourth-order valence-corrected chi connectivity index (χ4v) is 0.976. The van der Waals surface area contributed by atoms with Gasteiger partial charge in [-0.1, -0.05) is 0 Å². The molecule has 0 aliphatic carbocycles. The van der Waals surface area contributed by atoms with Crippen LogP contribution in [0, 0.1) is 0 Å². The van der Waals surface area contributed by atoms with E-state index in [4.69, 9.17) is 23.2 Å². The third-order valence-electron chi connectivity index (χ3n) is 1.13. The summed E-state index contributed by atoms with van der Waals surface area (Å²) in [7, 11) is 0. The molecular formula is C6H3Cl2Li. The molecule has 9 heavy (non-hydrogen) atoms. The molecule has 42 valence electrons. The van der Waals surface area contributed by atoms with Crippen LogP contribution in [0.2, 0.25) is 10.0 Å². The maximum absolute atomic E-state index is 5.73. The first-order chi connectivity index (χ1) is 4.20. The monoisotopic (exact) mass is 152 g/mol. The molecule has 1 aromatic carbocycles. The minimum atomic E-state index is 0.686. The van der Waals surface area contributed by atoms with Crippen molar-refractivity contribution in [2.24, 2.45) is 0 Å². The Kier molecular flexibility index (Phi) is 2.49. The van der Waals surface area contributed by atoms with E-state index < -0.39 is 0 Å². The number of hydrogen-bond donors (Lipinski definition) is 0. The molecule has 0 fully saturated rings. The van der Waals surface area contributed by atoms with E-state index >= 15 is 0 Å². The van der Waals surface area contributed by atoms with Gasteiger partial charge in [0.2, 0.25) is 0 Å². The van der Waals surface area contributed by atoms with Gasteiger partial charge in [0.25, 0.3) is 0 Å². The van der Waals surface area contributed by atoms with Crippen molar-refractivity contribution in [3.8, 4) is 0 Å². The molecule has 1 rings (SSSR count). The first-order valence-corrected chi connectivity index (χ1v) is 3.37. The quantitative estimate of drug-likeness (QED) is 0.498. The van der Waals surface area contributed by atoms with E-state index in [1.54, 1.807) is 6.07 Å². The molecule has 0 bridgehead atoms. The Morgan fingerprint density at radius 1 is 1.22 bits per heavy atom. The molecule has 0 amide bonds. The van der Waals surface area contributed by atoms with Gasteiger partial charge >= 0.3 is 73.4 Å². The normalized spacial score (nSPS) is 9.78. The van der Waals surface area contributed by atoms with Gasteiger partial charge in [0.05, 0.1) is 0 Å². The molecule has 0 spiro atoms. The van der Waals surface area contributed by atoms with Crippen LogP contribution in [0.1, 0.15) is 0 Å². The first kappa shape index (κ1) is 7.50. The second-order valence-electron chi connectivity index (χ2n) is 1.89. The Labute approximate surface area is 73.4 Å². The predicted octanol–water partition coefficient (Wildman–Crippen LogP) is 1.79. The van der Waals surface area contributed by atoms with Crippen molar-refractivity contribution >= 4 is 45.2 Å². The number of hydrogen-bond acceptors (Lipinski definition) is 0. The zero-order chi connectivity index (χ0) is 6.85. The van der Waals surface area contributed by atoms with Gasteiger partial charge in [-0.3, -0.25) is 0 Å². The van der Waals surface area contributed by atoms with Crippen molar-refractivity contribution in [3.05, 3.63) is 28.2 Å².